The van der Waals surface area contributed by atoms with Crippen LogP contribution in [0.1, 0.15) is 45.4 Å². The number of aliphatic hydroxyl groups is 1. The molecular weight excluding hydrogens is 250 g/mol. The van der Waals surface area contributed by atoms with E-state index in [1.54, 1.807) is 0 Å². The SMILES string of the molecule is CC1CC=CCC1COCC(O)CNCCCC1CC1. The molecule has 0 spiro atoms. The van der Waals surface area contributed by atoms with Crippen molar-refractivity contribution in [2.24, 2.45) is 17.8 Å². The van der Waals surface area contributed by atoms with Crippen LogP contribution in [0.5, 0.6) is 0 Å². The summed E-state index contributed by atoms with van der Waals surface area (Å²) in [4.78, 5) is 0. The molecule has 0 aromatic rings. The van der Waals surface area contributed by atoms with Crippen LogP contribution in [0.2, 0.25) is 0 Å². The molecule has 3 unspecified atom stereocenters. The van der Waals surface area contributed by atoms with Gasteiger partial charge in [-0.25, -0.2) is 0 Å². The van der Waals surface area contributed by atoms with Crippen molar-refractivity contribution >= 4 is 0 Å². The standard InChI is InChI=1S/C17H31NO2/c1-14-5-2-3-7-16(14)12-20-13-17(19)11-18-10-4-6-15-8-9-15/h2-3,14-19H,4-13H2,1H3. The van der Waals surface area contributed by atoms with Gasteiger partial charge in [0.25, 0.3) is 0 Å². The number of hydrogen-bond donors (Lipinski definition) is 2. The molecule has 2 aliphatic rings. The molecular formula is C17H31NO2. The van der Waals surface area contributed by atoms with Crippen LogP contribution in [0.4, 0.5) is 0 Å². The first kappa shape index (κ1) is 16.0. The quantitative estimate of drug-likeness (QED) is 0.478. The zero-order valence-electron chi connectivity index (χ0n) is 12.9. The molecule has 0 aromatic carbocycles. The Morgan fingerprint density at radius 1 is 1.30 bits per heavy atom. The molecule has 3 heteroatoms. The summed E-state index contributed by atoms with van der Waals surface area (Å²) in [5.41, 5.74) is 0. The van der Waals surface area contributed by atoms with Gasteiger partial charge >= 0.3 is 0 Å². The van der Waals surface area contributed by atoms with Gasteiger partial charge in [-0.3, -0.25) is 0 Å². The van der Waals surface area contributed by atoms with Gasteiger partial charge in [0.05, 0.1) is 19.3 Å². The maximum atomic E-state index is 9.86. The van der Waals surface area contributed by atoms with E-state index in [2.05, 4.69) is 24.4 Å². The molecule has 20 heavy (non-hydrogen) atoms. The zero-order valence-corrected chi connectivity index (χ0v) is 12.9. The summed E-state index contributed by atoms with van der Waals surface area (Å²) < 4.78 is 5.69. The average molecular weight is 281 g/mol. The molecule has 116 valence electrons. The van der Waals surface area contributed by atoms with E-state index >= 15 is 0 Å². The fourth-order valence-corrected chi connectivity index (χ4v) is 2.84. The zero-order chi connectivity index (χ0) is 14.2. The van der Waals surface area contributed by atoms with Crippen molar-refractivity contribution in [1.29, 1.82) is 0 Å². The van der Waals surface area contributed by atoms with E-state index in [0.29, 0.717) is 25.0 Å². The highest BCUT2D eigenvalue weighted by molar-refractivity contribution is 4.93. The van der Waals surface area contributed by atoms with Gasteiger partial charge in [-0.1, -0.05) is 31.9 Å². The highest BCUT2D eigenvalue weighted by atomic mass is 16.5. The first-order valence-corrected chi connectivity index (χ1v) is 8.37. The number of hydrogen-bond acceptors (Lipinski definition) is 3. The van der Waals surface area contributed by atoms with Gasteiger partial charge in [-0.15, -0.1) is 0 Å². The smallest absolute Gasteiger partial charge is 0.0897 e. The molecule has 0 aromatic heterocycles. The van der Waals surface area contributed by atoms with Crippen molar-refractivity contribution in [2.45, 2.75) is 51.6 Å². The van der Waals surface area contributed by atoms with Crippen LogP contribution in [0, 0.1) is 17.8 Å². The van der Waals surface area contributed by atoms with E-state index < -0.39 is 0 Å². The molecule has 0 radical (unpaired) electrons. The lowest BCUT2D eigenvalue weighted by Crippen LogP contribution is -2.32. The van der Waals surface area contributed by atoms with Gasteiger partial charge in [0.2, 0.25) is 0 Å². The Kier molecular flexibility index (Phi) is 7.05. The average Bonchev–Trinajstić information content (AvgIpc) is 3.25. The summed E-state index contributed by atoms with van der Waals surface area (Å²) in [5.74, 6) is 2.34. The number of aliphatic hydroxyl groups excluding tert-OH is 1. The van der Waals surface area contributed by atoms with Crippen molar-refractivity contribution in [2.75, 3.05) is 26.3 Å². The van der Waals surface area contributed by atoms with Crippen LogP contribution < -0.4 is 5.32 Å². The van der Waals surface area contributed by atoms with Gasteiger partial charge < -0.3 is 15.2 Å². The summed E-state index contributed by atoms with van der Waals surface area (Å²) in [6, 6.07) is 0. The molecule has 3 atom stereocenters. The highest BCUT2D eigenvalue weighted by Gasteiger charge is 2.20. The third kappa shape index (κ3) is 6.38. The summed E-state index contributed by atoms with van der Waals surface area (Å²) in [5, 5.41) is 13.2. The second-order valence-electron chi connectivity index (χ2n) is 6.66. The van der Waals surface area contributed by atoms with Gasteiger partial charge in [-0.05, 0) is 50.0 Å². The summed E-state index contributed by atoms with van der Waals surface area (Å²) in [6.07, 6.45) is 11.9. The van der Waals surface area contributed by atoms with Crippen molar-refractivity contribution in [3.8, 4) is 0 Å². The molecule has 2 rings (SSSR count). The second-order valence-corrected chi connectivity index (χ2v) is 6.66. The molecule has 2 N–H and O–H groups in total. The van der Waals surface area contributed by atoms with E-state index in [9.17, 15) is 5.11 Å². The summed E-state index contributed by atoms with van der Waals surface area (Å²) >= 11 is 0. The number of ether oxygens (including phenoxy) is 1. The van der Waals surface area contributed by atoms with Gasteiger partial charge in [0.15, 0.2) is 0 Å². The lowest BCUT2D eigenvalue weighted by Gasteiger charge is -2.25. The van der Waals surface area contributed by atoms with Crippen LogP contribution in [0.25, 0.3) is 0 Å². The first-order valence-electron chi connectivity index (χ1n) is 8.37. The Morgan fingerprint density at radius 3 is 2.85 bits per heavy atom. The third-order valence-corrected chi connectivity index (χ3v) is 4.60. The number of rotatable bonds is 10. The van der Waals surface area contributed by atoms with Crippen LogP contribution in [0.3, 0.4) is 0 Å². The fraction of sp³-hybridized carbons (Fsp3) is 0.882. The van der Waals surface area contributed by atoms with Crippen LogP contribution in [0.15, 0.2) is 12.2 Å². The van der Waals surface area contributed by atoms with E-state index in [-0.39, 0.29) is 6.10 Å². The third-order valence-electron chi connectivity index (χ3n) is 4.60. The largest absolute Gasteiger partial charge is 0.389 e. The fourth-order valence-electron chi connectivity index (χ4n) is 2.84. The van der Waals surface area contributed by atoms with E-state index in [0.717, 1.165) is 25.5 Å². The normalized spacial score (nSPS) is 27.7. The molecule has 1 saturated carbocycles. The van der Waals surface area contributed by atoms with Crippen LogP contribution >= 0.6 is 0 Å². The molecule has 2 aliphatic carbocycles. The van der Waals surface area contributed by atoms with Crippen molar-refractivity contribution in [3.63, 3.8) is 0 Å². The van der Waals surface area contributed by atoms with Crippen LogP contribution in [-0.4, -0.2) is 37.5 Å². The Bertz CT molecular complexity index is 289. The molecule has 0 aliphatic heterocycles. The molecule has 0 amide bonds. The first-order chi connectivity index (χ1) is 9.75. The summed E-state index contributed by atoms with van der Waals surface area (Å²) in [6.45, 7) is 5.21. The van der Waals surface area contributed by atoms with Gasteiger partial charge in [0.1, 0.15) is 0 Å². The number of allylic oxidation sites excluding steroid dienone is 2. The van der Waals surface area contributed by atoms with Gasteiger partial charge in [0, 0.05) is 6.54 Å². The van der Waals surface area contributed by atoms with E-state index in [4.69, 9.17) is 4.74 Å². The number of nitrogens with one attached hydrogen (secondary N) is 1. The minimum Gasteiger partial charge on any atom is -0.389 e. The van der Waals surface area contributed by atoms with Crippen molar-refractivity contribution in [3.05, 3.63) is 12.2 Å². The predicted octanol–water partition coefficient (Wildman–Crippen LogP) is 2.75. The Labute approximate surface area is 123 Å². The Balaban J connectivity index is 1.42. The maximum Gasteiger partial charge on any atom is 0.0897 e. The van der Waals surface area contributed by atoms with Crippen molar-refractivity contribution < 1.29 is 9.84 Å². The predicted molar refractivity (Wildman–Crippen MR) is 82.7 cm³/mol. The monoisotopic (exact) mass is 281 g/mol. The molecule has 0 heterocycles. The topological polar surface area (TPSA) is 41.5 Å². The minimum atomic E-state index is -0.370. The van der Waals surface area contributed by atoms with Crippen molar-refractivity contribution in [1.82, 2.24) is 5.32 Å². The molecule has 1 fully saturated rings. The van der Waals surface area contributed by atoms with Crippen LogP contribution in [-0.2, 0) is 4.74 Å². The lowest BCUT2D eigenvalue weighted by atomic mass is 9.85. The highest BCUT2D eigenvalue weighted by Crippen LogP contribution is 2.33. The molecule has 0 bridgehead atoms. The summed E-state index contributed by atoms with van der Waals surface area (Å²) in [7, 11) is 0. The Hall–Kier alpha value is -0.380. The second kappa shape index (κ2) is 8.81. The minimum absolute atomic E-state index is 0.370. The maximum absolute atomic E-state index is 9.86. The molecule has 0 saturated heterocycles. The lowest BCUT2D eigenvalue weighted by molar-refractivity contribution is 0.0129. The van der Waals surface area contributed by atoms with Gasteiger partial charge in [-0.2, -0.15) is 0 Å². The van der Waals surface area contributed by atoms with E-state index in [1.165, 1.54) is 32.1 Å². The Morgan fingerprint density at radius 2 is 2.10 bits per heavy atom. The van der Waals surface area contributed by atoms with E-state index in [1.807, 2.05) is 0 Å². The molecule has 3 nitrogen and oxygen atoms in total.